The second kappa shape index (κ2) is 9.88. The Bertz CT molecular complexity index is 1320. The molecular weight excluding hydrogens is 426 g/mol. The van der Waals surface area contributed by atoms with Crippen molar-refractivity contribution in [1.29, 1.82) is 0 Å². The molecule has 0 spiro atoms. The second-order valence-electron chi connectivity index (χ2n) is 6.59. The van der Waals surface area contributed by atoms with Gasteiger partial charge in [0.25, 0.3) is 11.5 Å². The number of methoxy groups -OCH3 is 1. The normalized spacial score (nSPS) is 11.0. The smallest absolute Gasteiger partial charge is 0.266 e. The zero-order valence-corrected chi connectivity index (χ0v) is 18.0. The highest BCUT2D eigenvalue weighted by Gasteiger charge is 2.14. The highest BCUT2D eigenvalue weighted by Crippen LogP contribution is 2.22. The molecule has 8 nitrogen and oxygen atoms in total. The number of pyridine rings is 1. The van der Waals surface area contributed by atoms with Crippen molar-refractivity contribution in [2.24, 2.45) is 5.10 Å². The van der Waals surface area contributed by atoms with Gasteiger partial charge >= 0.3 is 0 Å². The highest BCUT2D eigenvalue weighted by molar-refractivity contribution is 7.99. The van der Waals surface area contributed by atoms with Crippen LogP contribution in [0.15, 0.2) is 88.0 Å². The van der Waals surface area contributed by atoms with Crippen LogP contribution in [0.1, 0.15) is 5.69 Å². The molecule has 0 unspecified atom stereocenters. The van der Waals surface area contributed by atoms with Crippen molar-refractivity contribution in [1.82, 2.24) is 20.0 Å². The first-order valence-electron chi connectivity index (χ1n) is 9.67. The summed E-state index contributed by atoms with van der Waals surface area (Å²) < 4.78 is 6.70. The Labute approximate surface area is 188 Å². The first-order chi connectivity index (χ1) is 15.7. The summed E-state index contributed by atoms with van der Waals surface area (Å²) in [6.07, 6.45) is 3.10. The van der Waals surface area contributed by atoms with E-state index in [1.165, 1.54) is 10.8 Å². The van der Waals surface area contributed by atoms with Crippen molar-refractivity contribution in [3.63, 3.8) is 0 Å². The number of ether oxygens (including phenoxy) is 1. The Morgan fingerprint density at radius 3 is 2.66 bits per heavy atom. The summed E-state index contributed by atoms with van der Waals surface area (Å²) in [7, 11) is 1.58. The summed E-state index contributed by atoms with van der Waals surface area (Å²) in [5, 5.41) is 4.82. The van der Waals surface area contributed by atoms with E-state index < -0.39 is 0 Å². The van der Waals surface area contributed by atoms with Crippen LogP contribution in [0.2, 0.25) is 0 Å². The van der Waals surface area contributed by atoms with Crippen LogP contribution in [0.3, 0.4) is 0 Å². The second-order valence-corrected chi connectivity index (χ2v) is 7.53. The molecule has 1 amide bonds. The van der Waals surface area contributed by atoms with Crippen molar-refractivity contribution in [3.8, 4) is 11.4 Å². The zero-order chi connectivity index (χ0) is 22.3. The van der Waals surface area contributed by atoms with Gasteiger partial charge in [-0.05, 0) is 48.5 Å². The summed E-state index contributed by atoms with van der Waals surface area (Å²) in [4.78, 5) is 34.2. The molecule has 4 rings (SSSR count). The molecule has 4 aromatic rings. The minimum atomic E-state index is -0.328. The number of hydrogen-bond donors (Lipinski definition) is 1. The van der Waals surface area contributed by atoms with Crippen LogP contribution in [-0.2, 0) is 4.79 Å². The Hall–Kier alpha value is -3.98. The van der Waals surface area contributed by atoms with Gasteiger partial charge in [-0.15, -0.1) is 0 Å². The van der Waals surface area contributed by atoms with Gasteiger partial charge < -0.3 is 4.74 Å². The highest BCUT2D eigenvalue weighted by atomic mass is 32.2. The SMILES string of the molecule is COc1ccc(-n2c(SCC(=O)N/N=C\c3ccccn3)nc3ccccc3c2=O)cc1. The van der Waals surface area contributed by atoms with E-state index >= 15 is 0 Å². The van der Waals surface area contributed by atoms with Crippen molar-refractivity contribution in [2.75, 3.05) is 12.9 Å². The zero-order valence-electron chi connectivity index (χ0n) is 17.1. The fraction of sp³-hybridized carbons (Fsp3) is 0.0870. The van der Waals surface area contributed by atoms with Gasteiger partial charge in [0.15, 0.2) is 5.16 Å². The van der Waals surface area contributed by atoms with E-state index in [9.17, 15) is 9.59 Å². The molecule has 0 atom stereocenters. The Morgan fingerprint density at radius 2 is 1.91 bits per heavy atom. The average molecular weight is 446 g/mol. The van der Waals surface area contributed by atoms with Gasteiger partial charge in [-0.1, -0.05) is 30.0 Å². The van der Waals surface area contributed by atoms with E-state index in [2.05, 4.69) is 20.5 Å². The number of carbonyl (C=O) groups is 1. The summed E-state index contributed by atoms with van der Waals surface area (Å²) in [5.41, 5.74) is 4.08. The lowest BCUT2D eigenvalue weighted by atomic mass is 10.2. The van der Waals surface area contributed by atoms with E-state index in [0.29, 0.717) is 33.2 Å². The molecule has 1 N–H and O–H groups in total. The molecule has 0 aliphatic heterocycles. The summed E-state index contributed by atoms with van der Waals surface area (Å²) in [6.45, 7) is 0. The summed E-state index contributed by atoms with van der Waals surface area (Å²) in [6, 6.07) is 19.6. The number of rotatable bonds is 7. The van der Waals surface area contributed by atoms with Gasteiger partial charge in [-0.25, -0.2) is 10.4 Å². The number of amides is 1. The number of aromatic nitrogens is 3. The summed E-state index contributed by atoms with van der Waals surface area (Å²) in [5.74, 6) is 0.376. The quantitative estimate of drug-likeness (QED) is 0.203. The van der Waals surface area contributed by atoms with Crippen LogP contribution in [-0.4, -0.2) is 39.5 Å². The molecule has 0 saturated heterocycles. The van der Waals surface area contributed by atoms with Crippen LogP contribution in [0, 0.1) is 0 Å². The number of carbonyl (C=O) groups excluding carboxylic acids is 1. The van der Waals surface area contributed by atoms with E-state index in [4.69, 9.17) is 4.74 Å². The molecule has 0 bridgehead atoms. The topological polar surface area (TPSA) is 98.5 Å². The van der Waals surface area contributed by atoms with Crippen molar-refractivity contribution < 1.29 is 9.53 Å². The number of benzene rings is 2. The maximum absolute atomic E-state index is 13.2. The number of para-hydroxylation sites is 1. The number of hydrogen-bond acceptors (Lipinski definition) is 7. The van der Waals surface area contributed by atoms with Crippen molar-refractivity contribution >= 4 is 34.8 Å². The van der Waals surface area contributed by atoms with Crippen LogP contribution >= 0.6 is 11.8 Å². The number of nitrogens with zero attached hydrogens (tertiary/aromatic N) is 4. The standard InChI is InChI=1S/C23H19N5O3S/c1-31-18-11-9-17(10-12-18)28-22(30)19-7-2-3-8-20(19)26-23(28)32-15-21(29)27-25-14-16-6-4-5-13-24-16/h2-14H,15H2,1H3,(H,27,29)/b25-14-. The first kappa shape index (κ1) is 21.3. The van der Waals surface area contributed by atoms with Gasteiger partial charge in [0.2, 0.25) is 0 Å². The van der Waals surface area contributed by atoms with Crippen LogP contribution in [0.5, 0.6) is 5.75 Å². The molecule has 0 aliphatic rings. The molecule has 2 aromatic carbocycles. The molecule has 2 heterocycles. The van der Waals surface area contributed by atoms with Gasteiger partial charge in [0.05, 0.1) is 41.4 Å². The fourth-order valence-corrected chi connectivity index (χ4v) is 3.76. The van der Waals surface area contributed by atoms with Crippen LogP contribution < -0.4 is 15.7 Å². The number of thioether (sulfide) groups is 1. The van der Waals surface area contributed by atoms with Crippen LogP contribution in [0.25, 0.3) is 16.6 Å². The third kappa shape index (κ3) is 4.84. The average Bonchev–Trinajstić information content (AvgIpc) is 2.84. The molecule has 160 valence electrons. The molecule has 32 heavy (non-hydrogen) atoms. The Kier molecular flexibility index (Phi) is 6.57. The molecular formula is C23H19N5O3S. The summed E-state index contributed by atoms with van der Waals surface area (Å²) >= 11 is 1.15. The Morgan fingerprint density at radius 1 is 1.12 bits per heavy atom. The van der Waals surface area contributed by atoms with E-state index in [0.717, 1.165) is 11.8 Å². The maximum atomic E-state index is 13.2. The molecule has 0 radical (unpaired) electrons. The molecule has 9 heteroatoms. The lowest BCUT2D eigenvalue weighted by Gasteiger charge is -2.13. The lowest BCUT2D eigenvalue weighted by molar-refractivity contribution is -0.118. The van der Waals surface area contributed by atoms with Crippen LogP contribution in [0.4, 0.5) is 0 Å². The number of fused-ring (bicyclic) bond motifs is 1. The number of nitrogens with one attached hydrogen (secondary N) is 1. The van der Waals surface area contributed by atoms with E-state index in [1.54, 1.807) is 67.9 Å². The third-order valence-corrected chi connectivity index (χ3v) is 5.42. The van der Waals surface area contributed by atoms with E-state index in [1.807, 2.05) is 12.1 Å². The first-order valence-corrected chi connectivity index (χ1v) is 10.7. The maximum Gasteiger partial charge on any atom is 0.266 e. The fourth-order valence-electron chi connectivity index (χ4n) is 2.95. The predicted molar refractivity (Wildman–Crippen MR) is 125 cm³/mol. The third-order valence-electron chi connectivity index (χ3n) is 4.48. The van der Waals surface area contributed by atoms with Gasteiger partial charge in [-0.2, -0.15) is 5.10 Å². The van der Waals surface area contributed by atoms with Crippen molar-refractivity contribution in [2.45, 2.75) is 5.16 Å². The minimum Gasteiger partial charge on any atom is -0.497 e. The number of hydrazone groups is 1. The largest absolute Gasteiger partial charge is 0.497 e. The molecule has 0 aliphatic carbocycles. The van der Waals surface area contributed by atoms with Gasteiger partial charge in [0.1, 0.15) is 5.75 Å². The predicted octanol–water partition coefficient (Wildman–Crippen LogP) is 3.03. The monoisotopic (exact) mass is 445 g/mol. The lowest BCUT2D eigenvalue weighted by Crippen LogP contribution is -2.24. The van der Waals surface area contributed by atoms with Crippen molar-refractivity contribution in [3.05, 3.63) is 89.0 Å². The van der Waals surface area contributed by atoms with Gasteiger partial charge in [0, 0.05) is 6.20 Å². The molecule has 0 fully saturated rings. The van der Waals surface area contributed by atoms with E-state index in [-0.39, 0.29) is 17.2 Å². The molecule has 0 saturated carbocycles. The minimum absolute atomic E-state index is 0.0283. The Balaban J connectivity index is 1.58. The molecule has 2 aromatic heterocycles. The van der Waals surface area contributed by atoms with Gasteiger partial charge in [-0.3, -0.25) is 19.1 Å².